The van der Waals surface area contributed by atoms with E-state index in [2.05, 4.69) is 15.3 Å². The van der Waals surface area contributed by atoms with E-state index in [0.717, 1.165) is 0 Å². The van der Waals surface area contributed by atoms with Crippen LogP contribution in [-0.2, 0) is 0 Å². The normalized spacial score (nSPS) is 10.4. The molecule has 8 heteroatoms. The van der Waals surface area contributed by atoms with Crippen LogP contribution in [0.3, 0.4) is 0 Å². The first-order valence-corrected chi connectivity index (χ1v) is 5.89. The summed E-state index contributed by atoms with van der Waals surface area (Å²) in [5, 5.41) is 11.9. The van der Waals surface area contributed by atoms with Crippen molar-refractivity contribution in [1.29, 1.82) is 0 Å². The number of halogens is 2. The number of aromatic hydroxyl groups is 1. The third-order valence-electron chi connectivity index (χ3n) is 2.37. The van der Waals surface area contributed by atoms with Crippen molar-refractivity contribution in [2.24, 2.45) is 0 Å². The molecule has 2 heterocycles. The number of alkyl halides is 2. The quantitative estimate of drug-likeness (QED) is 0.882. The summed E-state index contributed by atoms with van der Waals surface area (Å²) in [6.45, 7) is -0.839. The molecule has 110 valence electrons. The molecule has 0 aromatic carbocycles. The van der Waals surface area contributed by atoms with Crippen molar-refractivity contribution >= 4 is 11.6 Å². The fraction of sp³-hybridized carbons (Fsp3) is 0.154. The second kappa shape index (κ2) is 6.60. The maximum Gasteiger partial charge on any atom is 0.278 e. The first-order valence-electron chi connectivity index (χ1n) is 5.89. The highest BCUT2D eigenvalue weighted by atomic mass is 19.3. The molecule has 0 unspecified atom stereocenters. The van der Waals surface area contributed by atoms with Gasteiger partial charge in [0.05, 0.1) is 0 Å². The Labute approximate surface area is 118 Å². The van der Waals surface area contributed by atoms with Crippen LogP contribution in [0.2, 0.25) is 0 Å². The van der Waals surface area contributed by atoms with E-state index in [1.54, 1.807) is 0 Å². The van der Waals surface area contributed by atoms with E-state index in [1.165, 1.54) is 36.7 Å². The number of anilines is 1. The van der Waals surface area contributed by atoms with Crippen LogP contribution in [0.5, 0.6) is 11.6 Å². The Bertz CT molecular complexity index is 638. The lowest BCUT2D eigenvalue weighted by Crippen LogP contribution is -2.16. The molecule has 0 aliphatic carbocycles. The molecule has 0 saturated heterocycles. The fourth-order valence-electron chi connectivity index (χ4n) is 1.50. The van der Waals surface area contributed by atoms with E-state index in [1.807, 2.05) is 0 Å². The van der Waals surface area contributed by atoms with Crippen LogP contribution in [0, 0.1) is 0 Å². The largest absolute Gasteiger partial charge is 0.505 e. The van der Waals surface area contributed by atoms with Gasteiger partial charge in [0.1, 0.15) is 11.4 Å². The molecule has 0 aliphatic heterocycles. The van der Waals surface area contributed by atoms with Crippen molar-refractivity contribution in [2.75, 3.05) is 11.9 Å². The van der Waals surface area contributed by atoms with Crippen LogP contribution < -0.4 is 10.1 Å². The van der Waals surface area contributed by atoms with Crippen LogP contribution in [0.4, 0.5) is 14.5 Å². The highest BCUT2D eigenvalue weighted by Crippen LogP contribution is 2.23. The van der Waals surface area contributed by atoms with Crippen LogP contribution in [0.1, 0.15) is 10.5 Å². The Balaban J connectivity index is 2.16. The molecule has 2 N–H and O–H groups in total. The zero-order valence-corrected chi connectivity index (χ0v) is 10.7. The summed E-state index contributed by atoms with van der Waals surface area (Å²) in [5.41, 5.74) is -0.0886. The predicted octanol–water partition coefficient (Wildman–Crippen LogP) is 2.08. The molecule has 0 radical (unpaired) electrons. The number of carbonyl (C=O) groups is 1. The number of nitrogens with zero attached hydrogens (tertiary/aromatic N) is 2. The van der Waals surface area contributed by atoms with Gasteiger partial charge < -0.3 is 15.2 Å². The molecule has 0 aliphatic rings. The molecular formula is C13H11F2N3O3. The first-order chi connectivity index (χ1) is 10.1. The van der Waals surface area contributed by atoms with E-state index in [4.69, 9.17) is 4.74 Å². The zero-order chi connectivity index (χ0) is 15.2. The van der Waals surface area contributed by atoms with E-state index in [-0.39, 0.29) is 23.0 Å². The van der Waals surface area contributed by atoms with Crippen molar-refractivity contribution in [3.05, 3.63) is 42.4 Å². The second-order valence-corrected chi connectivity index (χ2v) is 3.88. The van der Waals surface area contributed by atoms with E-state index < -0.39 is 18.9 Å². The monoisotopic (exact) mass is 295 g/mol. The number of carbonyl (C=O) groups excluding carboxylic acids is 1. The van der Waals surface area contributed by atoms with E-state index in [9.17, 15) is 18.7 Å². The highest BCUT2D eigenvalue weighted by molar-refractivity contribution is 6.05. The molecule has 0 saturated carbocycles. The number of amides is 1. The lowest BCUT2D eigenvalue weighted by atomic mass is 10.3. The van der Waals surface area contributed by atoms with Gasteiger partial charge in [-0.1, -0.05) is 0 Å². The van der Waals surface area contributed by atoms with Crippen molar-refractivity contribution in [3.8, 4) is 11.6 Å². The van der Waals surface area contributed by atoms with Crippen molar-refractivity contribution in [2.45, 2.75) is 6.43 Å². The maximum atomic E-state index is 12.1. The zero-order valence-electron chi connectivity index (χ0n) is 10.7. The minimum absolute atomic E-state index is 0.105. The van der Waals surface area contributed by atoms with Gasteiger partial charge in [0.15, 0.2) is 12.3 Å². The fourth-order valence-corrected chi connectivity index (χ4v) is 1.50. The molecule has 0 fully saturated rings. The van der Waals surface area contributed by atoms with E-state index in [0.29, 0.717) is 0 Å². The number of nitrogens with one attached hydrogen (secondary N) is 1. The van der Waals surface area contributed by atoms with Crippen molar-refractivity contribution in [3.63, 3.8) is 0 Å². The second-order valence-electron chi connectivity index (χ2n) is 3.88. The summed E-state index contributed by atoms with van der Waals surface area (Å²) < 4.78 is 29.1. The van der Waals surface area contributed by atoms with Gasteiger partial charge in [0, 0.05) is 12.4 Å². The lowest BCUT2D eigenvalue weighted by molar-refractivity contribution is 0.0799. The van der Waals surface area contributed by atoms with Crippen LogP contribution in [0.25, 0.3) is 0 Å². The van der Waals surface area contributed by atoms with E-state index >= 15 is 0 Å². The Kier molecular flexibility index (Phi) is 4.60. The topological polar surface area (TPSA) is 84.3 Å². The molecule has 0 atom stereocenters. The van der Waals surface area contributed by atoms with Crippen LogP contribution in [-0.4, -0.2) is 34.0 Å². The van der Waals surface area contributed by atoms with Crippen molar-refractivity contribution < 1.29 is 23.4 Å². The molecule has 21 heavy (non-hydrogen) atoms. The molecule has 6 nitrogen and oxygen atoms in total. The van der Waals surface area contributed by atoms with Gasteiger partial charge in [-0.05, 0) is 24.3 Å². The number of rotatable bonds is 5. The van der Waals surface area contributed by atoms with Crippen LogP contribution >= 0.6 is 0 Å². The average molecular weight is 295 g/mol. The first kappa shape index (κ1) is 14.6. The third kappa shape index (κ3) is 3.85. The third-order valence-corrected chi connectivity index (χ3v) is 2.37. The molecule has 2 aromatic rings. The minimum atomic E-state index is -2.66. The van der Waals surface area contributed by atoms with Gasteiger partial charge in [0.2, 0.25) is 5.88 Å². The Morgan fingerprint density at radius 3 is 2.71 bits per heavy atom. The van der Waals surface area contributed by atoms with Gasteiger partial charge in [-0.3, -0.25) is 4.79 Å². The molecule has 0 bridgehead atoms. The van der Waals surface area contributed by atoms with Gasteiger partial charge in [-0.15, -0.1) is 0 Å². The Morgan fingerprint density at radius 1 is 1.29 bits per heavy atom. The number of ether oxygens (including phenoxy) is 1. The smallest absolute Gasteiger partial charge is 0.278 e. The Morgan fingerprint density at radius 2 is 2.00 bits per heavy atom. The number of hydrogen-bond acceptors (Lipinski definition) is 5. The summed E-state index contributed by atoms with van der Waals surface area (Å²) in [7, 11) is 0. The number of aromatic nitrogens is 2. The lowest BCUT2D eigenvalue weighted by Gasteiger charge is -2.11. The summed E-state index contributed by atoms with van der Waals surface area (Å²) in [6.07, 6.45) is 0.0243. The number of pyridine rings is 2. The van der Waals surface area contributed by atoms with Crippen LogP contribution in [0.15, 0.2) is 36.7 Å². The molecular weight excluding hydrogens is 284 g/mol. The maximum absolute atomic E-state index is 12.1. The van der Waals surface area contributed by atoms with Gasteiger partial charge in [-0.2, -0.15) is 0 Å². The van der Waals surface area contributed by atoms with Gasteiger partial charge in [0.25, 0.3) is 12.3 Å². The van der Waals surface area contributed by atoms with Gasteiger partial charge in [-0.25, -0.2) is 18.7 Å². The number of hydrogen-bond donors (Lipinski definition) is 2. The SMILES string of the molecule is O=C(Nc1cccnc1OCC(F)F)c1ncccc1O. The predicted molar refractivity (Wildman–Crippen MR) is 69.6 cm³/mol. The summed E-state index contributed by atoms with van der Waals surface area (Å²) in [4.78, 5) is 19.5. The highest BCUT2D eigenvalue weighted by Gasteiger charge is 2.16. The Hall–Kier alpha value is -2.77. The van der Waals surface area contributed by atoms with Crippen molar-refractivity contribution in [1.82, 2.24) is 9.97 Å². The summed E-state index contributed by atoms with van der Waals surface area (Å²) >= 11 is 0. The molecule has 0 spiro atoms. The summed E-state index contributed by atoms with van der Waals surface area (Å²) in [5.74, 6) is -1.14. The van der Waals surface area contributed by atoms with Gasteiger partial charge >= 0.3 is 0 Å². The molecule has 1 amide bonds. The average Bonchev–Trinajstić information content (AvgIpc) is 2.46. The molecule has 2 aromatic heterocycles. The molecule has 2 rings (SSSR count). The minimum Gasteiger partial charge on any atom is -0.505 e. The summed E-state index contributed by atoms with van der Waals surface area (Å²) in [6, 6.07) is 5.71. The standard InChI is InChI=1S/C13H11F2N3O3/c14-10(15)7-21-13-8(3-1-6-17-13)18-12(20)11-9(19)4-2-5-16-11/h1-6,10,19H,7H2,(H,18,20).